The van der Waals surface area contributed by atoms with Crippen molar-refractivity contribution in [2.24, 2.45) is 5.41 Å². The topological polar surface area (TPSA) is 62.7 Å². The number of H-pyrrole nitrogens is 1. The van der Waals surface area contributed by atoms with Gasteiger partial charge in [0.25, 0.3) is 0 Å². The van der Waals surface area contributed by atoms with Crippen molar-refractivity contribution in [1.82, 2.24) is 20.1 Å². The lowest BCUT2D eigenvalue weighted by Crippen LogP contribution is -2.32. The third-order valence-corrected chi connectivity index (χ3v) is 5.37. The molecule has 0 radical (unpaired) electrons. The lowest BCUT2D eigenvalue weighted by molar-refractivity contribution is -0.122. The Labute approximate surface area is 187 Å². The highest BCUT2D eigenvalue weighted by Crippen LogP contribution is 2.29. The molecule has 1 aromatic heterocycles. The first-order valence-electron chi connectivity index (χ1n) is 10.4. The van der Waals surface area contributed by atoms with Crippen molar-refractivity contribution >= 4 is 18.1 Å². The normalized spacial score (nSPS) is 12.5. The van der Waals surface area contributed by atoms with E-state index < -0.39 is 0 Å². The predicted octanol–water partition coefficient (Wildman–Crippen LogP) is 5.74. The maximum Gasteiger partial charge on any atom is 0.222 e. The molecular weight excluding hydrogens is 411 g/mol. The van der Waals surface area contributed by atoms with E-state index in [1.807, 2.05) is 35.8 Å². The van der Waals surface area contributed by atoms with E-state index in [4.69, 9.17) is 12.2 Å². The number of halogens is 1. The number of aromatic nitrogens is 3. The summed E-state index contributed by atoms with van der Waals surface area (Å²) in [6.45, 7) is 8.80. The molecule has 164 valence electrons. The van der Waals surface area contributed by atoms with Crippen molar-refractivity contribution in [2.75, 3.05) is 0 Å². The molecule has 2 aromatic carbocycles. The molecule has 1 atom stereocenters. The fraction of sp³-hybridized carbons (Fsp3) is 0.375. The molecule has 7 heteroatoms. The van der Waals surface area contributed by atoms with Gasteiger partial charge in [0, 0.05) is 18.5 Å². The second-order valence-corrected chi connectivity index (χ2v) is 9.44. The van der Waals surface area contributed by atoms with Crippen molar-refractivity contribution in [3.63, 3.8) is 0 Å². The number of carbonyl (C=O) groups excluding carboxylic acids is 1. The first-order chi connectivity index (χ1) is 14.6. The van der Waals surface area contributed by atoms with Crippen LogP contribution in [0.1, 0.15) is 50.8 Å². The molecule has 0 fully saturated rings. The maximum absolute atomic E-state index is 13.4. The average Bonchev–Trinajstić information content (AvgIpc) is 3.06. The standard InChI is InChI=1S/C24H29FN4OS/c1-16-5-7-18(8-6-16)22-27-28-23(31)29(22)14-13-21(30)26-20(15-24(2,3)4)17-9-11-19(25)12-10-17/h5-12,20H,13-15H2,1-4H3,(H,26,30)(H,28,31). The van der Waals surface area contributed by atoms with Gasteiger partial charge < -0.3 is 5.32 Å². The first kappa shape index (κ1) is 22.9. The Balaban J connectivity index is 1.72. The molecule has 3 aromatic rings. The molecule has 0 spiro atoms. The van der Waals surface area contributed by atoms with Crippen molar-refractivity contribution in [3.8, 4) is 11.4 Å². The van der Waals surface area contributed by atoms with Gasteiger partial charge in [-0.15, -0.1) is 0 Å². The van der Waals surface area contributed by atoms with Crippen LogP contribution in [0.5, 0.6) is 0 Å². The molecule has 1 heterocycles. The Morgan fingerprint density at radius 1 is 1.16 bits per heavy atom. The minimum Gasteiger partial charge on any atom is -0.349 e. The van der Waals surface area contributed by atoms with Gasteiger partial charge in [0.05, 0.1) is 6.04 Å². The highest BCUT2D eigenvalue weighted by atomic mass is 32.1. The molecule has 1 amide bonds. The van der Waals surface area contributed by atoms with Gasteiger partial charge in [0.1, 0.15) is 5.82 Å². The second-order valence-electron chi connectivity index (χ2n) is 9.06. The van der Waals surface area contributed by atoms with E-state index in [0.29, 0.717) is 17.1 Å². The largest absolute Gasteiger partial charge is 0.349 e. The predicted molar refractivity (Wildman–Crippen MR) is 124 cm³/mol. The summed E-state index contributed by atoms with van der Waals surface area (Å²) >= 11 is 5.38. The molecule has 3 rings (SSSR count). The number of carbonyl (C=O) groups is 1. The summed E-state index contributed by atoms with van der Waals surface area (Å²) in [7, 11) is 0. The zero-order valence-corrected chi connectivity index (χ0v) is 19.2. The number of hydrogen-bond acceptors (Lipinski definition) is 3. The van der Waals surface area contributed by atoms with E-state index in [2.05, 4.69) is 36.3 Å². The van der Waals surface area contributed by atoms with E-state index in [9.17, 15) is 9.18 Å². The van der Waals surface area contributed by atoms with E-state index in [1.165, 1.54) is 12.1 Å². The molecule has 5 nitrogen and oxygen atoms in total. The highest BCUT2D eigenvalue weighted by Gasteiger charge is 2.22. The third-order valence-electron chi connectivity index (χ3n) is 5.05. The number of hydrogen-bond donors (Lipinski definition) is 2. The summed E-state index contributed by atoms with van der Waals surface area (Å²) in [6.07, 6.45) is 0.999. The Hall–Kier alpha value is -2.80. The molecule has 0 saturated carbocycles. The van der Waals surface area contributed by atoms with Gasteiger partial charge in [0.2, 0.25) is 5.91 Å². The van der Waals surface area contributed by atoms with Crippen LogP contribution >= 0.6 is 12.2 Å². The summed E-state index contributed by atoms with van der Waals surface area (Å²) in [4.78, 5) is 12.8. The Bertz CT molecular complexity index is 1080. The smallest absolute Gasteiger partial charge is 0.222 e. The minimum absolute atomic E-state index is 0.00195. The number of rotatable bonds is 7. The number of aromatic amines is 1. The van der Waals surface area contributed by atoms with E-state index in [1.54, 1.807) is 12.1 Å². The maximum atomic E-state index is 13.4. The Morgan fingerprint density at radius 3 is 2.42 bits per heavy atom. The summed E-state index contributed by atoms with van der Waals surface area (Å²) < 4.78 is 15.7. The molecule has 0 bridgehead atoms. The number of nitrogens with zero attached hydrogens (tertiary/aromatic N) is 2. The van der Waals surface area contributed by atoms with Gasteiger partial charge in [-0.05, 0) is 48.7 Å². The second kappa shape index (κ2) is 9.56. The number of amides is 1. The van der Waals surface area contributed by atoms with Gasteiger partial charge in [-0.3, -0.25) is 14.5 Å². The van der Waals surface area contributed by atoms with E-state index in [-0.39, 0.29) is 29.6 Å². The van der Waals surface area contributed by atoms with Gasteiger partial charge >= 0.3 is 0 Å². The lowest BCUT2D eigenvalue weighted by atomic mass is 9.85. The first-order valence-corrected chi connectivity index (χ1v) is 10.8. The van der Waals surface area contributed by atoms with Crippen LogP contribution in [-0.4, -0.2) is 20.7 Å². The van der Waals surface area contributed by atoms with Crippen LogP contribution in [0.4, 0.5) is 4.39 Å². The summed E-state index contributed by atoms with van der Waals surface area (Å²) in [5, 5.41) is 10.3. The number of benzene rings is 2. The molecule has 0 aliphatic carbocycles. The summed E-state index contributed by atoms with van der Waals surface area (Å²) in [5.41, 5.74) is 2.99. The van der Waals surface area contributed by atoms with Crippen LogP contribution in [0.2, 0.25) is 0 Å². The molecule has 2 N–H and O–H groups in total. The highest BCUT2D eigenvalue weighted by molar-refractivity contribution is 7.71. The monoisotopic (exact) mass is 440 g/mol. The van der Waals surface area contributed by atoms with Crippen molar-refractivity contribution < 1.29 is 9.18 Å². The fourth-order valence-corrected chi connectivity index (χ4v) is 3.71. The van der Waals surface area contributed by atoms with Gasteiger partial charge in [-0.1, -0.05) is 62.7 Å². The van der Waals surface area contributed by atoms with Crippen molar-refractivity contribution in [2.45, 2.75) is 53.1 Å². The molecule has 31 heavy (non-hydrogen) atoms. The zero-order chi connectivity index (χ0) is 22.6. The van der Waals surface area contributed by atoms with Crippen LogP contribution in [0, 0.1) is 22.9 Å². The minimum atomic E-state index is -0.289. The van der Waals surface area contributed by atoms with Crippen LogP contribution in [0.3, 0.4) is 0 Å². The fourth-order valence-electron chi connectivity index (χ4n) is 3.49. The number of aryl methyl sites for hydroxylation is 1. The Kier molecular flexibility index (Phi) is 7.05. The Morgan fingerprint density at radius 2 is 1.81 bits per heavy atom. The van der Waals surface area contributed by atoms with Crippen LogP contribution in [0.15, 0.2) is 48.5 Å². The summed E-state index contributed by atoms with van der Waals surface area (Å²) in [6, 6.07) is 14.1. The van der Waals surface area contributed by atoms with Crippen molar-refractivity contribution in [1.29, 1.82) is 0 Å². The van der Waals surface area contributed by atoms with E-state index >= 15 is 0 Å². The lowest BCUT2D eigenvalue weighted by Gasteiger charge is -2.27. The van der Waals surface area contributed by atoms with Crippen LogP contribution in [-0.2, 0) is 11.3 Å². The number of nitrogens with one attached hydrogen (secondary N) is 2. The van der Waals surface area contributed by atoms with E-state index in [0.717, 1.165) is 23.1 Å². The summed E-state index contributed by atoms with van der Waals surface area (Å²) in [5.74, 6) is 0.335. The quantitative estimate of drug-likeness (QED) is 0.461. The van der Waals surface area contributed by atoms with Crippen LogP contribution < -0.4 is 5.32 Å². The molecule has 0 aliphatic rings. The van der Waals surface area contributed by atoms with Crippen molar-refractivity contribution in [3.05, 3.63) is 70.2 Å². The molecular formula is C24H29FN4OS. The third kappa shape index (κ3) is 6.34. The van der Waals surface area contributed by atoms with Gasteiger partial charge in [-0.2, -0.15) is 5.10 Å². The zero-order valence-electron chi connectivity index (χ0n) is 18.4. The van der Waals surface area contributed by atoms with Crippen LogP contribution in [0.25, 0.3) is 11.4 Å². The van der Waals surface area contributed by atoms with Gasteiger partial charge in [0.15, 0.2) is 10.6 Å². The molecule has 0 saturated heterocycles. The van der Waals surface area contributed by atoms with Gasteiger partial charge in [-0.25, -0.2) is 4.39 Å². The molecule has 0 aliphatic heterocycles. The average molecular weight is 441 g/mol. The SMILES string of the molecule is Cc1ccc(-c2n[nH]c(=S)n2CCC(=O)NC(CC(C)(C)C)c2ccc(F)cc2)cc1. The molecule has 1 unspecified atom stereocenters.